The van der Waals surface area contributed by atoms with E-state index in [0.717, 1.165) is 17.2 Å². The topological polar surface area (TPSA) is 23.4 Å². The Kier molecular flexibility index (Phi) is 9.54. The minimum absolute atomic E-state index is 0.660. The molecule has 3 nitrogen and oxygen atoms in total. The zero-order chi connectivity index (χ0) is 34.2. The maximum atomic E-state index is 7.01. The van der Waals surface area contributed by atoms with Crippen LogP contribution in [-0.4, -0.2) is 22.2 Å². The molecule has 0 saturated carbocycles. The van der Waals surface area contributed by atoms with Crippen LogP contribution in [0.2, 0.25) is 0 Å². The summed E-state index contributed by atoms with van der Waals surface area (Å²) in [7, 11) is -3.77. The fraction of sp³-hybridized carbons (Fsp3) is 0. The van der Waals surface area contributed by atoms with Gasteiger partial charge in [-0.2, -0.15) is 0 Å². The largest absolute Gasteiger partial charge is 0.452 e. The first kappa shape index (κ1) is 32.1. The first-order valence-electron chi connectivity index (χ1n) is 17.3. The Morgan fingerprint density at radius 2 is 0.588 bits per heavy atom. The van der Waals surface area contributed by atoms with Crippen LogP contribution in [0.1, 0.15) is 0 Å². The van der Waals surface area contributed by atoms with Gasteiger partial charge in [0.25, 0.3) is 0 Å². The standard InChI is InChI=1S/C46H37NO2Si2/c1-6-20-36(21-7-1)47-34-43(48-41-30-16-18-32-45(41)50(37-22-8-2-9-23-37)38-24-10-3-11-25-38)44(35-47)49-42-31-17-19-33-46(42)51(39-26-12-4-13-27-39)40-28-14-5-15-29-40/h1-35,50-51H. The second kappa shape index (κ2) is 15.2. The van der Waals surface area contributed by atoms with E-state index in [4.69, 9.17) is 9.47 Å². The lowest BCUT2D eigenvalue weighted by atomic mass is 10.3. The molecule has 0 fully saturated rings. The van der Waals surface area contributed by atoms with Crippen molar-refractivity contribution < 1.29 is 9.47 Å². The van der Waals surface area contributed by atoms with Crippen LogP contribution >= 0.6 is 0 Å². The summed E-state index contributed by atoms with van der Waals surface area (Å²) in [6, 6.07) is 70.7. The molecule has 8 aromatic rings. The Bertz CT molecular complexity index is 2090. The lowest BCUT2D eigenvalue weighted by Gasteiger charge is -2.21. The molecule has 0 unspecified atom stereocenters. The molecule has 7 aromatic carbocycles. The van der Waals surface area contributed by atoms with Gasteiger partial charge in [0, 0.05) is 5.69 Å². The predicted molar refractivity (Wildman–Crippen MR) is 217 cm³/mol. The van der Waals surface area contributed by atoms with Gasteiger partial charge in [0.2, 0.25) is 0 Å². The van der Waals surface area contributed by atoms with Crippen molar-refractivity contribution in [3.05, 3.63) is 213 Å². The molecule has 51 heavy (non-hydrogen) atoms. The fourth-order valence-electron chi connectivity index (χ4n) is 6.87. The average Bonchev–Trinajstić information content (AvgIpc) is 3.60. The molecule has 5 heteroatoms. The third-order valence-electron chi connectivity index (χ3n) is 9.24. The SMILES string of the molecule is c1ccc(-n2cc(Oc3ccccc3[SiH](c3ccccc3)c3ccccc3)c(Oc3ccccc3[SiH](c3ccccc3)c3ccccc3)c2)cc1. The Balaban J connectivity index is 1.23. The number of aromatic nitrogens is 1. The van der Waals surface area contributed by atoms with E-state index in [1.165, 1.54) is 31.1 Å². The highest BCUT2D eigenvalue weighted by molar-refractivity contribution is 6.96. The summed E-state index contributed by atoms with van der Waals surface area (Å²) in [5.41, 5.74) is 1.03. The van der Waals surface area contributed by atoms with E-state index in [2.05, 4.69) is 187 Å². The number of rotatable bonds is 11. The molecule has 0 atom stereocenters. The van der Waals surface area contributed by atoms with Gasteiger partial charge in [-0.3, -0.25) is 0 Å². The van der Waals surface area contributed by atoms with Crippen molar-refractivity contribution in [1.29, 1.82) is 0 Å². The van der Waals surface area contributed by atoms with Gasteiger partial charge in [0.1, 0.15) is 29.1 Å². The molecule has 0 saturated heterocycles. The van der Waals surface area contributed by atoms with E-state index in [1.54, 1.807) is 0 Å². The van der Waals surface area contributed by atoms with Gasteiger partial charge >= 0.3 is 0 Å². The number of para-hydroxylation sites is 3. The molecular formula is C46H37NO2Si2. The average molecular weight is 692 g/mol. The zero-order valence-corrected chi connectivity index (χ0v) is 30.4. The van der Waals surface area contributed by atoms with Crippen molar-refractivity contribution in [3.8, 4) is 28.7 Å². The Hall–Kier alpha value is -6.15. The van der Waals surface area contributed by atoms with Crippen LogP contribution < -0.4 is 40.6 Å². The first-order valence-corrected chi connectivity index (χ1v) is 20.8. The highest BCUT2D eigenvalue weighted by atomic mass is 28.3. The van der Waals surface area contributed by atoms with Crippen LogP contribution in [0.5, 0.6) is 23.0 Å². The smallest absolute Gasteiger partial charge is 0.187 e. The highest BCUT2D eigenvalue weighted by Gasteiger charge is 2.26. The monoisotopic (exact) mass is 691 g/mol. The van der Waals surface area contributed by atoms with E-state index in [0.29, 0.717) is 11.5 Å². The second-order valence-corrected chi connectivity index (χ2v) is 18.2. The van der Waals surface area contributed by atoms with Crippen molar-refractivity contribution in [2.75, 3.05) is 0 Å². The van der Waals surface area contributed by atoms with Crippen molar-refractivity contribution in [1.82, 2.24) is 4.57 Å². The maximum absolute atomic E-state index is 7.01. The molecule has 8 rings (SSSR count). The normalized spacial score (nSPS) is 11.1. The van der Waals surface area contributed by atoms with Crippen molar-refractivity contribution in [2.45, 2.75) is 0 Å². The van der Waals surface area contributed by atoms with Crippen LogP contribution in [0.3, 0.4) is 0 Å². The lowest BCUT2D eigenvalue weighted by molar-refractivity contribution is 0.426. The number of benzene rings is 7. The molecule has 246 valence electrons. The van der Waals surface area contributed by atoms with Gasteiger partial charge < -0.3 is 14.0 Å². The van der Waals surface area contributed by atoms with E-state index in [-0.39, 0.29) is 0 Å². The zero-order valence-electron chi connectivity index (χ0n) is 28.1. The Morgan fingerprint density at radius 3 is 0.941 bits per heavy atom. The minimum atomic E-state index is -1.88. The minimum Gasteiger partial charge on any atom is -0.452 e. The molecule has 0 N–H and O–H groups in total. The third-order valence-corrected chi connectivity index (χ3v) is 15.6. The van der Waals surface area contributed by atoms with E-state index in [9.17, 15) is 0 Å². The molecule has 1 aromatic heterocycles. The fourth-order valence-corrected chi connectivity index (χ4v) is 13.0. The number of hydrogen-bond acceptors (Lipinski definition) is 2. The Labute approximate surface area is 302 Å². The summed E-state index contributed by atoms with van der Waals surface area (Å²) in [4.78, 5) is 0. The summed E-state index contributed by atoms with van der Waals surface area (Å²) < 4.78 is 16.1. The Morgan fingerprint density at radius 1 is 0.294 bits per heavy atom. The molecule has 0 spiro atoms. The number of hydrogen-bond donors (Lipinski definition) is 0. The predicted octanol–water partition coefficient (Wildman–Crippen LogP) is 6.56. The maximum Gasteiger partial charge on any atom is 0.187 e. The second-order valence-electron chi connectivity index (χ2n) is 12.5. The number of ether oxygens (including phenoxy) is 2. The number of nitrogens with zero attached hydrogens (tertiary/aromatic N) is 1. The molecule has 0 bridgehead atoms. The molecule has 0 aliphatic rings. The molecule has 0 radical (unpaired) electrons. The van der Waals surface area contributed by atoms with Crippen molar-refractivity contribution >= 4 is 48.7 Å². The van der Waals surface area contributed by atoms with E-state index < -0.39 is 17.6 Å². The van der Waals surface area contributed by atoms with Gasteiger partial charge in [0.05, 0.1) is 12.4 Å². The summed E-state index contributed by atoms with van der Waals surface area (Å²) in [5.74, 6) is 3.00. The third kappa shape index (κ3) is 7.12. The van der Waals surface area contributed by atoms with Gasteiger partial charge in [-0.1, -0.05) is 197 Å². The summed E-state index contributed by atoms with van der Waals surface area (Å²) in [5, 5.41) is 7.79. The van der Waals surface area contributed by atoms with Gasteiger partial charge in [-0.15, -0.1) is 0 Å². The lowest BCUT2D eigenvalue weighted by Crippen LogP contribution is -2.52. The molecule has 0 aliphatic heterocycles. The van der Waals surface area contributed by atoms with Crippen LogP contribution in [0.25, 0.3) is 5.69 Å². The highest BCUT2D eigenvalue weighted by Crippen LogP contribution is 2.36. The molecular weight excluding hydrogens is 655 g/mol. The van der Waals surface area contributed by atoms with Crippen molar-refractivity contribution in [2.24, 2.45) is 0 Å². The molecule has 0 aliphatic carbocycles. The van der Waals surface area contributed by atoms with Crippen LogP contribution in [0, 0.1) is 0 Å². The van der Waals surface area contributed by atoms with Crippen LogP contribution in [-0.2, 0) is 0 Å². The van der Waals surface area contributed by atoms with E-state index >= 15 is 0 Å². The van der Waals surface area contributed by atoms with Crippen LogP contribution in [0.15, 0.2) is 213 Å². The summed E-state index contributed by atoms with van der Waals surface area (Å²) >= 11 is 0. The first-order chi connectivity index (χ1) is 25.3. The summed E-state index contributed by atoms with van der Waals surface area (Å²) in [6.45, 7) is 0. The quantitative estimate of drug-likeness (QED) is 0.113. The van der Waals surface area contributed by atoms with Crippen LogP contribution in [0.4, 0.5) is 0 Å². The molecule has 0 amide bonds. The van der Waals surface area contributed by atoms with Gasteiger partial charge in [0.15, 0.2) is 11.5 Å². The summed E-state index contributed by atoms with van der Waals surface area (Å²) in [6.07, 6.45) is 4.07. The van der Waals surface area contributed by atoms with Gasteiger partial charge in [-0.25, -0.2) is 0 Å². The molecule has 1 heterocycles. The van der Waals surface area contributed by atoms with Gasteiger partial charge in [-0.05, 0) is 34.6 Å². The van der Waals surface area contributed by atoms with E-state index in [1.807, 2.05) is 30.6 Å². The van der Waals surface area contributed by atoms with Crippen molar-refractivity contribution in [3.63, 3.8) is 0 Å².